The second kappa shape index (κ2) is 6.63. The van der Waals surface area contributed by atoms with Crippen LogP contribution in [0.25, 0.3) is 0 Å². The van der Waals surface area contributed by atoms with E-state index in [4.69, 9.17) is 10.5 Å². The summed E-state index contributed by atoms with van der Waals surface area (Å²) in [5.74, 6) is 0.538. The summed E-state index contributed by atoms with van der Waals surface area (Å²) < 4.78 is 5.25. The summed E-state index contributed by atoms with van der Waals surface area (Å²) in [4.78, 5) is 14.5. The number of carbonyl (C=O) groups excluding carboxylic acids is 1. The predicted molar refractivity (Wildman–Crippen MR) is 85.4 cm³/mol. The molecule has 0 radical (unpaired) electrons. The second-order valence-corrected chi connectivity index (χ2v) is 5.42. The Morgan fingerprint density at radius 2 is 2.24 bits per heavy atom. The van der Waals surface area contributed by atoms with Gasteiger partial charge >= 0.3 is 0 Å². The number of hydrogen-bond donors (Lipinski definition) is 2. The zero-order chi connectivity index (χ0) is 15.4. The molecule has 5 heteroatoms. The highest BCUT2D eigenvalue weighted by molar-refractivity contribution is 5.96. The number of nitrogen functional groups attached to an aromatic ring is 1. The largest absolute Gasteiger partial charge is 0.494 e. The van der Waals surface area contributed by atoms with Gasteiger partial charge in [0.2, 0.25) is 5.91 Å². The van der Waals surface area contributed by atoms with Gasteiger partial charge in [0.05, 0.1) is 18.8 Å². The second-order valence-electron chi connectivity index (χ2n) is 5.42. The molecule has 114 valence electrons. The fraction of sp³-hybridized carbons (Fsp3) is 0.438. The first-order valence-electron chi connectivity index (χ1n) is 7.15. The molecule has 1 atom stereocenters. The van der Waals surface area contributed by atoms with Gasteiger partial charge in [-0.2, -0.15) is 0 Å². The van der Waals surface area contributed by atoms with Crippen LogP contribution in [0.3, 0.4) is 0 Å². The standard InChI is InChI=1S/C16H23N3O2/c1-11-6-8-19(9-7-11)12(2)16(20)18-14-5-4-13(17)10-15(14)21-3/h4-6,10,12H,7-9,17H2,1-3H3,(H,18,20). The number of hydrogen-bond acceptors (Lipinski definition) is 4. The Labute approximate surface area is 125 Å². The van der Waals surface area contributed by atoms with Crippen molar-refractivity contribution in [2.24, 2.45) is 0 Å². The first-order valence-corrected chi connectivity index (χ1v) is 7.15. The third-order valence-corrected chi connectivity index (χ3v) is 3.88. The number of amides is 1. The molecule has 1 aliphatic rings. The van der Waals surface area contributed by atoms with Crippen LogP contribution < -0.4 is 15.8 Å². The highest BCUT2D eigenvalue weighted by Gasteiger charge is 2.23. The van der Waals surface area contributed by atoms with E-state index < -0.39 is 0 Å². The maximum Gasteiger partial charge on any atom is 0.241 e. The first kappa shape index (κ1) is 15.4. The molecule has 0 fully saturated rings. The number of benzene rings is 1. The van der Waals surface area contributed by atoms with Crippen LogP contribution in [0.1, 0.15) is 20.3 Å². The number of methoxy groups -OCH3 is 1. The maximum absolute atomic E-state index is 12.4. The molecule has 0 aromatic heterocycles. The van der Waals surface area contributed by atoms with Crippen LogP contribution in [0, 0.1) is 0 Å². The van der Waals surface area contributed by atoms with Crippen LogP contribution in [-0.2, 0) is 4.79 Å². The molecular weight excluding hydrogens is 266 g/mol. The number of carbonyl (C=O) groups is 1. The van der Waals surface area contributed by atoms with Gasteiger partial charge in [0.15, 0.2) is 0 Å². The van der Waals surface area contributed by atoms with E-state index in [1.54, 1.807) is 25.3 Å². The Bertz CT molecular complexity index is 554. The van der Waals surface area contributed by atoms with Crippen LogP contribution in [0.15, 0.2) is 29.8 Å². The van der Waals surface area contributed by atoms with E-state index in [1.807, 2.05) is 6.92 Å². The fourth-order valence-electron chi connectivity index (χ4n) is 2.35. The number of ether oxygens (including phenoxy) is 1. The molecule has 1 aromatic rings. The van der Waals surface area contributed by atoms with Gasteiger partial charge in [-0.3, -0.25) is 9.69 Å². The highest BCUT2D eigenvalue weighted by Crippen LogP contribution is 2.27. The summed E-state index contributed by atoms with van der Waals surface area (Å²) in [6.45, 7) is 5.78. The molecule has 0 saturated heterocycles. The van der Waals surface area contributed by atoms with Gasteiger partial charge in [-0.05, 0) is 32.4 Å². The minimum Gasteiger partial charge on any atom is -0.494 e. The van der Waals surface area contributed by atoms with Gasteiger partial charge in [0.25, 0.3) is 0 Å². The van der Waals surface area contributed by atoms with Crippen molar-refractivity contribution in [1.82, 2.24) is 4.90 Å². The van der Waals surface area contributed by atoms with Crippen LogP contribution >= 0.6 is 0 Å². The van der Waals surface area contributed by atoms with Crippen molar-refractivity contribution in [3.8, 4) is 5.75 Å². The van der Waals surface area contributed by atoms with Crippen LogP contribution in [-0.4, -0.2) is 37.0 Å². The lowest BCUT2D eigenvalue weighted by molar-refractivity contribution is -0.120. The van der Waals surface area contributed by atoms with Gasteiger partial charge in [0.1, 0.15) is 5.75 Å². The van der Waals surface area contributed by atoms with Gasteiger partial charge in [-0.25, -0.2) is 0 Å². The normalized spacial score (nSPS) is 17.0. The fourth-order valence-corrected chi connectivity index (χ4v) is 2.35. The van der Waals surface area contributed by atoms with E-state index >= 15 is 0 Å². The molecule has 21 heavy (non-hydrogen) atoms. The Hall–Kier alpha value is -2.01. The van der Waals surface area contributed by atoms with Crippen molar-refractivity contribution in [1.29, 1.82) is 0 Å². The quantitative estimate of drug-likeness (QED) is 0.659. The summed E-state index contributed by atoms with van der Waals surface area (Å²) in [5, 5.41) is 2.92. The lowest BCUT2D eigenvalue weighted by Crippen LogP contribution is -2.44. The van der Waals surface area contributed by atoms with Crippen molar-refractivity contribution < 1.29 is 9.53 Å². The summed E-state index contributed by atoms with van der Waals surface area (Å²) in [6, 6.07) is 5.03. The Morgan fingerprint density at radius 1 is 1.48 bits per heavy atom. The molecule has 0 saturated carbocycles. The average Bonchev–Trinajstić information content (AvgIpc) is 2.49. The van der Waals surface area contributed by atoms with E-state index in [9.17, 15) is 4.79 Å². The monoisotopic (exact) mass is 289 g/mol. The molecule has 1 aromatic carbocycles. The zero-order valence-corrected chi connectivity index (χ0v) is 12.8. The molecule has 0 bridgehead atoms. The molecule has 2 rings (SSSR count). The molecular formula is C16H23N3O2. The van der Waals surface area contributed by atoms with Crippen LogP contribution in [0.2, 0.25) is 0 Å². The van der Waals surface area contributed by atoms with Crippen molar-refractivity contribution >= 4 is 17.3 Å². The maximum atomic E-state index is 12.4. The molecule has 0 aliphatic carbocycles. The van der Waals surface area contributed by atoms with Crippen LogP contribution in [0.5, 0.6) is 5.75 Å². The number of anilines is 2. The third-order valence-electron chi connectivity index (χ3n) is 3.88. The van der Waals surface area contributed by atoms with E-state index in [0.29, 0.717) is 17.1 Å². The van der Waals surface area contributed by atoms with Gasteiger partial charge in [-0.15, -0.1) is 0 Å². The van der Waals surface area contributed by atoms with E-state index in [2.05, 4.69) is 23.2 Å². The first-order chi connectivity index (χ1) is 10.0. The van der Waals surface area contributed by atoms with Crippen molar-refractivity contribution in [2.45, 2.75) is 26.3 Å². The van der Waals surface area contributed by atoms with Gasteiger partial charge in [0, 0.05) is 24.8 Å². The van der Waals surface area contributed by atoms with Gasteiger partial charge < -0.3 is 15.8 Å². The lowest BCUT2D eigenvalue weighted by Gasteiger charge is -2.30. The van der Waals surface area contributed by atoms with Gasteiger partial charge in [-0.1, -0.05) is 11.6 Å². The third kappa shape index (κ3) is 3.76. The minimum absolute atomic E-state index is 0.0361. The van der Waals surface area contributed by atoms with Crippen molar-refractivity contribution in [3.05, 3.63) is 29.8 Å². The van der Waals surface area contributed by atoms with Crippen LogP contribution in [0.4, 0.5) is 11.4 Å². The number of rotatable bonds is 4. The number of nitrogens with two attached hydrogens (primary N) is 1. The molecule has 0 spiro atoms. The predicted octanol–water partition coefficient (Wildman–Crippen LogP) is 2.26. The van der Waals surface area contributed by atoms with E-state index in [1.165, 1.54) is 5.57 Å². The smallest absolute Gasteiger partial charge is 0.241 e. The molecule has 5 nitrogen and oxygen atoms in total. The molecule has 3 N–H and O–H groups in total. The number of nitrogens with one attached hydrogen (secondary N) is 1. The topological polar surface area (TPSA) is 67.6 Å². The highest BCUT2D eigenvalue weighted by atomic mass is 16.5. The summed E-state index contributed by atoms with van der Waals surface area (Å²) in [6.07, 6.45) is 3.19. The molecule has 1 heterocycles. The summed E-state index contributed by atoms with van der Waals surface area (Å²) in [7, 11) is 1.56. The lowest BCUT2D eigenvalue weighted by atomic mass is 10.1. The molecule has 1 aliphatic heterocycles. The molecule has 1 unspecified atom stereocenters. The number of nitrogens with zero attached hydrogens (tertiary/aromatic N) is 1. The Morgan fingerprint density at radius 3 is 2.86 bits per heavy atom. The SMILES string of the molecule is COc1cc(N)ccc1NC(=O)C(C)N1CC=C(C)CC1. The zero-order valence-electron chi connectivity index (χ0n) is 12.8. The Balaban J connectivity index is 2.04. The van der Waals surface area contributed by atoms with E-state index in [-0.39, 0.29) is 11.9 Å². The molecule has 1 amide bonds. The van der Waals surface area contributed by atoms with Crippen molar-refractivity contribution in [2.75, 3.05) is 31.2 Å². The minimum atomic E-state index is -0.184. The Kier molecular flexibility index (Phi) is 4.85. The summed E-state index contributed by atoms with van der Waals surface area (Å²) in [5.41, 5.74) is 8.36. The average molecular weight is 289 g/mol. The summed E-state index contributed by atoms with van der Waals surface area (Å²) >= 11 is 0. The van der Waals surface area contributed by atoms with E-state index in [0.717, 1.165) is 19.5 Å². The van der Waals surface area contributed by atoms with Crippen molar-refractivity contribution in [3.63, 3.8) is 0 Å².